The monoisotopic (exact) mass is 392 g/mol. The molecule has 0 radical (unpaired) electrons. The first kappa shape index (κ1) is 18.6. The van der Waals surface area contributed by atoms with Gasteiger partial charge in [0.1, 0.15) is 5.75 Å². The van der Waals surface area contributed by atoms with E-state index in [-0.39, 0.29) is 17.3 Å². The zero-order chi connectivity index (χ0) is 20.8. The molecular weight excluding hydrogens is 372 g/mol. The van der Waals surface area contributed by atoms with Crippen LogP contribution in [0.25, 0.3) is 11.4 Å². The second kappa shape index (κ2) is 6.69. The second-order valence-corrected chi connectivity index (χ2v) is 7.56. The molecule has 0 saturated carbocycles. The van der Waals surface area contributed by atoms with E-state index in [0.29, 0.717) is 34.9 Å². The SMILES string of the molecule is CC(=O)Oc1ccc(NC(=O)c2n[nH]c3c2C(C)(C)Cc2cnc(N)nc2-3)cc1. The predicted molar refractivity (Wildman–Crippen MR) is 106 cm³/mol. The quantitative estimate of drug-likeness (QED) is 0.460. The van der Waals surface area contributed by atoms with Crippen LogP contribution in [0, 0.1) is 0 Å². The molecule has 2 aromatic heterocycles. The van der Waals surface area contributed by atoms with Gasteiger partial charge in [-0.25, -0.2) is 9.97 Å². The van der Waals surface area contributed by atoms with E-state index in [2.05, 4.69) is 25.5 Å². The first-order valence-electron chi connectivity index (χ1n) is 9.05. The number of H-pyrrole nitrogens is 1. The normalized spacial score (nSPS) is 13.9. The molecule has 148 valence electrons. The van der Waals surface area contributed by atoms with Crippen LogP contribution in [0.1, 0.15) is 42.4 Å². The van der Waals surface area contributed by atoms with E-state index in [1.165, 1.54) is 6.92 Å². The summed E-state index contributed by atoms with van der Waals surface area (Å²) in [5, 5.41) is 10.0. The number of hydrogen-bond acceptors (Lipinski definition) is 7. The van der Waals surface area contributed by atoms with Crippen LogP contribution in [-0.4, -0.2) is 32.0 Å². The molecule has 1 aromatic carbocycles. The van der Waals surface area contributed by atoms with Gasteiger partial charge in [-0.2, -0.15) is 5.10 Å². The third-order valence-electron chi connectivity index (χ3n) is 4.78. The van der Waals surface area contributed by atoms with Gasteiger partial charge in [-0.15, -0.1) is 0 Å². The summed E-state index contributed by atoms with van der Waals surface area (Å²) in [4.78, 5) is 32.4. The van der Waals surface area contributed by atoms with Gasteiger partial charge in [0.25, 0.3) is 5.91 Å². The van der Waals surface area contributed by atoms with Gasteiger partial charge in [0.05, 0.1) is 11.4 Å². The molecule has 0 unspecified atom stereocenters. The van der Waals surface area contributed by atoms with Gasteiger partial charge in [-0.05, 0) is 41.7 Å². The molecule has 29 heavy (non-hydrogen) atoms. The van der Waals surface area contributed by atoms with E-state index in [1.807, 2.05) is 13.8 Å². The topological polar surface area (TPSA) is 136 Å². The highest BCUT2D eigenvalue weighted by molar-refractivity contribution is 6.05. The van der Waals surface area contributed by atoms with Gasteiger partial charge in [0, 0.05) is 24.4 Å². The molecule has 3 aromatic rings. The summed E-state index contributed by atoms with van der Waals surface area (Å²) < 4.78 is 5.00. The van der Waals surface area contributed by atoms with Gasteiger partial charge in [0.2, 0.25) is 5.95 Å². The second-order valence-electron chi connectivity index (χ2n) is 7.56. The molecule has 0 fully saturated rings. The maximum absolute atomic E-state index is 12.9. The Morgan fingerprint density at radius 2 is 1.97 bits per heavy atom. The summed E-state index contributed by atoms with van der Waals surface area (Å²) >= 11 is 0. The minimum Gasteiger partial charge on any atom is -0.427 e. The lowest BCUT2D eigenvalue weighted by atomic mass is 9.73. The van der Waals surface area contributed by atoms with E-state index >= 15 is 0 Å². The Morgan fingerprint density at radius 3 is 2.66 bits per heavy atom. The average Bonchev–Trinajstić information content (AvgIpc) is 3.10. The molecule has 2 heterocycles. The standard InChI is InChI=1S/C20H20N6O3/c1-10(27)29-13-6-4-12(5-7-13)23-18(28)17-14-16(25-26-17)15-11(8-20(14,2)3)9-22-19(21)24-15/h4-7,9H,8H2,1-3H3,(H,23,28)(H,25,26)(H2,21,22,24). The molecule has 9 heteroatoms. The highest BCUT2D eigenvalue weighted by atomic mass is 16.5. The van der Waals surface area contributed by atoms with Gasteiger partial charge in [-0.3, -0.25) is 14.7 Å². The number of esters is 1. The molecule has 4 N–H and O–H groups in total. The molecule has 1 aliphatic carbocycles. The Bertz CT molecular complexity index is 1120. The van der Waals surface area contributed by atoms with Crippen LogP contribution in [0.3, 0.4) is 0 Å². The van der Waals surface area contributed by atoms with Crippen molar-refractivity contribution in [2.45, 2.75) is 32.6 Å². The Balaban J connectivity index is 1.65. The maximum atomic E-state index is 12.9. The summed E-state index contributed by atoms with van der Waals surface area (Å²) in [6, 6.07) is 6.53. The van der Waals surface area contributed by atoms with E-state index in [1.54, 1.807) is 30.5 Å². The Kier molecular flexibility index (Phi) is 4.30. The number of amides is 1. The number of carbonyl (C=O) groups is 2. The zero-order valence-corrected chi connectivity index (χ0v) is 16.2. The van der Waals surface area contributed by atoms with Crippen molar-refractivity contribution in [1.29, 1.82) is 0 Å². The molecule has 0 spiro atoms. The summed E-state index contributed by atoms with van der Waals surface area (Å²) in [7, 11) is 0. The van der Waals surface area contributed by atoms with Crippen LogP contribution in [0.2, 0.25) is 0 Å². The number of carbonyl (C=O) groups excluding carboxylic acids is 2. The van der Waals surface area contributed by atoms with Gasteiger partial charge in [-0.1, -0.05) is 13.8 Å². The molecule has 1 aliphatic rings. The smallest absolute Gasteiger partial charge is 0.308 e. The van der Waals surface area contributed by atoms with E-state index in [4.69, 9.17) is 10.5 Å². The molecule has 4 rings (SSSR count). The first-order chi connectivity index (χ1) is 13.7. The van der Waals surface area contributed by atoms with E-state index < -0.39 is 5.97 Å². The average molecular weight is 392 g/mol. The Labute approximate surface area is 166 Å². The summed E-state index contributed by atoms with van der Waals surface area (Å²) in [5.41, 5.74) is 9.36. The van der Waals surface area contributed by atoms with E-state index in [9.17, 15) is 9.59 Å². The predicted octanol–water partition coefficient (Wildman–Crippen LogP) is 2.46. The molecule has 0 bridgehead atoms. The van der Waals surface area contributed by atoms with Crippen molar-refractivity contribution in [3.05, 3.63) is 47.3 Å². The van der Waals surface area contributed by atoms with E-state index in [0.717, 1.165) is 11.1 Å². The summed E-state index contributed by atoms with van der Waals surface area (Å²) in [6.45, 7) is 5.42. The Morgan fingerprint density at radius 1 is 1.24 bits per heavy atom. The molecule has 1 amide bonds. The number of nitrogens with two attached hydrogens (primary N) is 1. The number of nitrogen functional groups attached to an aromatic ring is 1. The van der Waals surface area contributed by atoms with Crippen LogP contribution >= 0.6 is 0 Å². The third kappa shape index (κ3) is 3.42. The fourth-order valence-electron chi connectivity index (χ4n) is 3.63. The number of nitrogens with zero attached hydrogens (tertiary/aromatic N) is 3. The van der Waals surface area contributed by atoms with Crippen molar-refractivity contribution >= 4 is 23.5 Å². The van der Waals surface area contributed by atoms with Crippen molar-refractivity contribution in [2.24, 2.45) is 0 Å². The largest absolute Gasteiger partial charge is 0.427 e. The Hall–Kier alpha value is -3.75. The molecule has 0 aliphatic heterocycles. The fourth-order valence-corrected chi connectivity index (χ4v) is 3.63. The third-order valence-corrected chi connectivity index (χ3v) is 4.78. The molecule has 0 saturated heterocycles. The number of ether oxygens (including phenoxy) is 1. The highest BCUT2D eigenvalue weighted by Gasteiger charge is 2.38. The zero-order valence-electron chi connectivity index (χ0n) is 16.2. The van der Waals surface area contributed by atoms with Gasteiger partial charge < -0.3 is 15.8 Å². The number of benzene rings is 1. The van der Waals surface area contributed by atoms with Crippen LogP contribution in [-0.2, 0) is 16.6 Å². The number of anilines is 2. The molecule has 9 nitrogen and oxygen atoms in total. The van der Waals surface area contributed by atoms with Crippen molar-refractivity contribution < 1.29 is 14.3 Å². The van der Waals surface area contributed by atoms with Crippen molar-refractivity contribution in [3.63, 3.8) is 0 Å². The lowest BCUT2D eigenvalue weighted by Gasteiger charge is -2.31. The lowest BCUT2D eigenvalue weighted by Crippen LogP contribution is -2.29. The minimum atomic E-state index is -0.406. The van der Waals surface area contributed by atoms with Crippen LogP contribution in [0.4, 0.5) is 11.6 Å². The van der Waals surface area contributed by atoms with Crippen LogP contribution in [0.15, 0.2) is 30.5 Å². The van der Waals surface area contributed by atoms with Crippen LogP contribution < -0.4 is 15.8 Å². The summed E-state index contributed by atoms with van der Waals surface area (Å²) in [6.07, 6.45) is 2.38. The number of fused-ring (bicyclic) bond motifs is 3. The van der Waals surface area contributed by atoms with Crippen molar-refractivity contribution in [2.75, 3.05) is 11.1 Å². The van der Waals surface area contributed by atoms with Crippen molar-refractivity contribution in [1.82, 2.24) is 20.2 Å². The number of rotatable bonds is 3. The molecule has 0 atom stereocenters. The fraction of sp³-hybridized carbons (Fsp3) is 0.250. The summed E-state index contributed by atoms with van der Waals surface area (Å²) in [5.74, 6) is -0.177. The number of aromatic nitrogens is 4. The highest BCUT2D eigenvalue weighted by Crippen LogP contribution is 2.42. The number of aromatic amines is 1. The maximum Gasteiger partial charge on any atom is 0.308 e. The van der Waals surface area contributed by atoms with Gasteiger partial charge in [0.15, 0.2) is 5.69 Å². The number of hydrogen-bond donors (Lipinski definition) is 3. The molecular formula is C20H20N6O3. The first-order valence-corrected chi connectivity index (χ1v) is 9.05. The number of nitrogens with one attached hydrogen (secondary N) is 2. The minimum absolute atomic E-state index is 0.169. The van der Waals surface area contributed by atoms with Crippen LogP contribution in [0.5, 0.6) is 5.75 Å². The lowest BCUT2D eigenvalue weighted by molar-refractivity contribution is -0.131. The van der Waals surface area contributed by atoms with Gasteiger partial charge >= 0.3 is 5.97 Å². The van der Waals surface area contributed by atoms with Crippen molar-refractivity contribution in [3.8, 4) is 17.1 Å².